The van der Waals surface area contributed by atoms with Crippen molar-refractivity contribution in [2.45, 2.75) is 0 Å². The molecule has 0 aliphatic rings. The number of furan rings is 1. The fraction of sp³-hybridized carbons (Fsp3) is 0. The Hall–Kier alpha value is -1.89. The van der Waals surface area contributed by atoms with E-state index in [1.807, 2.05) is 0 Å². The predicted molar refractivity (Wildman–Crippen MR) is 62.5 cm³/mol. The van der Waals surface area contributed by atoms with Gasteiger partial charge in [-0.25, -0.2) is 5.10 Å². The van der Waals surface area contributed by atoms with Crippen LogP contribution in [0.5, 0.6) is 0 Å². The van der Waals surface area contributed by atoms with Crippen LogP contribution in [0.1, 0.15) is 5.76 Å². The van der Waals surface area contributed by atoms with Crippen molar-refractivity contribution in [2.75, 3.05) is 5.43 Å². The molecule has 7 heteroatoms. The molecular weight excluding hydrogens is 276 g/mol. The molecule has 2 aromatic rings. The van der Waals surface area contributed by atoms with Gasteiger partial charge in [-0.3, -0.25) is 10.2 Å². The molecule has 0 radical (unpaired) electrons. The fourth-order valence-corrected chi connectivity index (χ4v) is 1.27. The molecule has 2 aromatic heterocycles. The van der Waals surface area contributed by atoms with Gasteiger partial charge in [-0.15, -0.1) is 0 Å². The number of hydrazone groups is 1. The second-order valence-corrected chi connectivity index (χ2v) is 3.61. The number of hydrogen-bond donors (Lipinski definition) is 2. The molecule has 0 unspecified atom stereocenters. The maximum absolute atomic E-state index is 11.2. The highest BCUT2D eigenvalue weighted by atomic mass is 79.9. The first kappa shape index (κ1) is 10.6. The van der Waals surface area contributed by atoms with Crippen LogP contribution in [0, 0.1) is 0 Å². The summed E-state index contributed by atoms with van der Waals surface area (Å²) < 4.78 is 5.39. The van der Waals surface area contributed by atoms with E-state index in [1.54, 1.807) is 18.4 Å². The summed E-state index contributed by atoms with van der Waals surface area (Å²) in [5, 5.41) is 9.81. The topological polar surface area (TPSA) is 83.3 Å². The SMILES string of the molecule is O=c1[nH]ncc(NN=Cc2ccco2)c1Br. The average Bonchev–Trinajstić information content (AvgIpc) is 2.77. The zero-order valence-electron chi connectivity index (χ0n) is 7.98. The van der Waals surface area contributed by atoms with Gasteiger partial charge >= 0.3 is 0 Å². The molecule has 0 aromatic carbocycles. The molecular formula is C9H7BrN4O2. The molecule has 82 valence electrons. The van der Waals surface area contributed by atoms with Crippen LogP contribution < -0.4 is 11.0 Å². The summed E-state index contributed by atoms with van der Waals surface area (Å²) in [6, 6.07) is 3.52. The van der Waals surface area contributed by atoms with Crippen molar-refractivity contribution in [1.82, 2.24) is 10.2 Å². The van der Waals surface area contributed by atoms with E-state index >= 15 is 0 Å². The molecule has 2 rings (SSSR count). The third-order valence-corrected chi connectivity index (χ3v) is 2.50. The fourth-order valence-electron chi connectivity index (χ4n) is 0.992. The lowest BCUT2D eigenvalue weighted by Gasteiger charge is -1.99. The average molecular weight is 283 g/mol. The number of nitrogens with zero attached hydrogens (tertiary/aromatic N) is 2. The summed E-state index contributed by atoms with van der Waals surface area (Å²) in [7, 11) is 0. The van der Waals surface area contributed by atoms with Crippen molar-refractivity contribution in [1.29, 1.82) is 0 Å². The molecule has 0 saturated carbocycles. The minimum atomic E-state index is -0.321. The molecule has 0 saturated heterocycles. The van der Waals surface area contributed by atoms with Crippen LogP contribution in [0.15, 0.2) is 43.4 Å². The first-order chi connectivity index (χ1) is 7.77. The van der Waals surface area contributed by atoms with Gasteiger partial charge in [0.05, 0.1) is 24.4 Å². The van der Waals surface area contributed by atoms with Gasteiger partial charge in [0.1, 0.15) is 10.2 Å². The Morgan fingerprint density at radius 2 is 2.50 bits per heavy atom. The van der Waals surface area contributed by atoms with Crippen molar-refractivity contribution in [2.24, 2.45) is 5.10 Å². The molecule has 0 aliphatic carbocycles. The summed E-state index contributed by atoms with van der Waals surface area (Å²) in [4.78, 5) is 11.2. The van der Waals surface area contributed by atoms with E-state index in [2.05, 4.69) is 36.7 Å². The molecule has 0 aliphatic heterocycles. The number of aromatic amines is 1. The van der Waals surface area contributed by atoms with E-state index in [0.29, 0.717) is 15.9 Å². The van der Waals surface area contributed by atoms with Gasteiger partial charge in [0.15, 0.2) is 0 Å². The standard InChI is InChI=1S/C9H7BrN4O2/c10-8-7(5-12-14-9(8)15)13-11-4-6-2-1-3-16-6/h1-5H,(H2,13,14,15). The summed E-state index contributed by atoms with van der Waals surface area (Å²) >= 11 is 3.12. The number of anilines is 1. The largest absolute Gasteiger partial charge is 0.463 e. The highest BCUT2D eigenvalue weighted by molar-refractivity contribution is 9.10. The molecule has 0 bridgehead atoms. The van der Waals surface area contributed by atoms with Gasteiger partial charge < -0.3 is 4.42 Å². The number of aromatic nitrogens is 2. The van der Waals surface area contributed by atoms with Crippen LogP contribution in [0.4, 0.5) is 5.69 Å². The summed E-state index contributed by atoms with van der Waals surface area (Å²) in [6.45, 7) is 0. The molecule has 2 heterocycles. The van der Waals surface area contributed by atoms with E-state index in [-0.39, 0.29) is 5.56 Å². The van der Waals surface area contributed by atoms with E-state index in [0.717, 1.165) is 0 Å². The Morgan fingerprint density at radius 3 is 3.25 bits per heavy atom. The molecule has 0 amide bonds. The lowest BCUT2D eigenvalue weighted by molar-refractivity contribution is 0.560. The Morgan fingerprint density at radius 1 is 1.62 bits per heavy atom. The predicted octanol–water partition coefficient (Wildman–Crippen LogP) is 1.57. The van der Waals surface area contributed by atoms with E-state index < -0.39 is 0 Å². The van der Waals surface area contributed by atoms with E-state index in [1.165, 1.54) is 12.4 Å². The number of halogens is 1. The van der Waals surface area contributed by atoms with Gasteiger partial charge in [-0.05, 0) is 28.1 Å². The van der Waals surface area contributed by atoms with Crippen LogP contribution in [-0.2, 0) is 0 Å². The third-order valence-electron chi connectivity index (χ3n) is 1.72. The van der Waals surface area contributed by atoms with Gasteiger partial charge in [-0.2, -0.15) is 10.2 Å². The lowest BCUT2D eigenvalue weighted by atomic mass is 10.5. The Bertz CT molecular complexity index is 547. The Kier molecular flexibility index (Phi) is 3.16. The molecule has 0 spiro atoms. The highest BCUT2D eigenvalue weighted by Gasteiger charge is 2.02. The first-order valence-corrected chi connectivity index (χ1v) is 5.12. The number of nitrogens with one attached hydrogen (secondary N) is 2. The minimum Gasteiger partial charge on any atom is -0.463 e. The number of H-pyrrole nitrogens is 1. The number of rotatable bonds is 3. The smallest absolute Gasteiger partial charge is 0.280 e. The Balaban J connectivity index is 2.11. The van der Waals surface area contributed by atoms with Crippen LogP contribution in [0.25, 0.3) is 0 Å². The van der Waals surface area contributed by atoms with E-state index in [4.69, 9.17) is 4.42 Å². The van der Waals surface area contributed by atoms with Crippen LogP contribution >= 0.6 is 15.9 Å². The zero-order chi connectivity index (χ0) is 11.4. The Labute approximate surface area is 98.5 Å². The van der Waals surface area contributed by atoms with Crippen LogP contribution in [-0.4, -0.2) is 16.4 Å². The third kappa shape index (κ3) is 2.37. The van der Waals surface area contributed by atoms with Crippen molar-refractivity contribution < 1.29 is 4.42 Å². The maximum atomic E-state index is 11.2. The molecule has 2 N–H and O–H groups in total. The molecule has 0 fully saturated rings. The van der Waals surface area contributed by atoms with Gasteiger partial charge in [0.2, 0.25) is 0 Å². The molecule has 6 nitrogen and oxygen atoms in total. The number of hydrogen-bond acceptors (Lipinski definition) is 5. The van der Waals surface area contributed by atoms with Crippen molar-refractivity contribution in [3.05, 3.63) is 45.2 Å². The highest BCUT2D eigenvalue weighted by Crippen LogP contribution is 2.14. The first-order valence-electron chi connectivity index (χ1n) is 4.33. The monoisotopic (exact) mass is 282 g/mol. The van der Waals surface area contributed by atoms with Gasteiger partial charge in [-0.1, -0.05) is 0 Å². The van der Waals surface area contributed by atoms with Crippen molar-refractivity contribution in [3.8, 4) is 0 Å². The van der Waals surface area contributed by atoms with Crippen LogP contribution in [0.2, 0.25) is 0 Å². The lowest BCUT2D eigenvalue weighted by Crippen LogP contribution is -2.10. The molecule has 0 atom stereocenters. The van der Waals surface area contributed by atoms with Crippen molar-refractivity contribution >= 4 is 27.8 Å². The summed E-state index contributed by atoms with van der Waals surface area (Å²) in [5.41, 5.74) is 2.83. The summed E-state index contributed by atoms with van der Waals surface area (Å²) in [5.74, 6) is 0.612. The van der Waals surface area contributed by atoms with E-state index in [9.17, 15) is 4.79 Å². The van der Waals surface area contributed by atoms with Gasteiger partial charge in [0.25, 0.3) is 5.56 Å². The van der Waals surface area contributed by atoms with Crippen molar-refractivity contribution in [3.63, 3.8) is 0 Å². The summed E-state index contributed by atoms with van der Waals surface area (Å²) in [6.07, 6.45) is 4.49. The normalized spacial score (nSPS) is 10.8. The zero-order valence-corrected chi connectivity index (χ0v) is 9.56. The quantitative estimate of drug-likeness (QED) is 0.661. The minimum absolute atomic E-state index is 0.321. The second-order valence-electron chi connectivity index (χ2n) is 2.81. The maximum Gasteiger partial charge on any atom is 0.280 e. The second kappa shape index (κ2) is 4.75. The molecule has 16 heavy (non-hydrogen) atoms. The van der Waals surface area contributed by atoms with Gasteiger partial charge in [0, 0.05) is 0 Å². The van der Waals surface area contributed by atoms with Crippen LogP contribution in [0.3, 0.4) is 0 Å².